The van der Waals surface area contributed by atoms with Crippen molar-refractivity contribution in [3.63, 3.8) is 0 Å². The maximum absolute atomic E-state index is 11.5. The lowest BCUT2D eigenvalue weighted by molar-refractivity contribution is -0.122. The SMILES string of the molecule is Cc1cc(CCN)cc(C)c1OCCC(=O)NC(C)C. The summed E-state index contributed by atoms with van der Waals surface area (Å²) in [4.78, 5) is 11.5. The summed E-state index contributed by atoms with van der Waals surface area (Å²) in [5.41, 5.74) is 9.00. The van der Waals surface area contributed by atoms with Crippen LogP contribution in [0.5, 0.6) is 5.75 Å². The molecule has 0 saturated heterocycles. The van der Waals surface area contributed by atoms with Gasteiger partial charge in [-0.05, 0) is 57.4 Å². The van der Waals surface area contributed by atoms with Crippen LogP contribution in [0, 0.1) is 13.8 Å². The Morgan fingerprint density at radius 2 is 1.90 bits per heavy atom. The molecule has 0 saturated carbocycles. The Balaban J connectivity index is 2.58. The summed E-state index contributed by atoms with van der Waals surface area (Å²) in [6.45, 7) is 8.99. The molecule has 20 heavy (non-hydrogen) atoms. The van der Waals surface area contributed by atoms with Gasteiger partial charge in [0.2, 0.25) is 5.91 Å². The Kier molecular flexibility index (Phi) is 6.52. The summed E-state index contributed by atoms with van der Waals surface area (Å²) in [7, 11) is 0. The Morgan fingerprint density at radius 1 is 1.30 bits per heavy atom. The van der Waals surface area contributed by atoms with E-state index in [-0.39, 0.29) is 11.9 Å². The molecule has 0 aliphatic rings. The first-order chi connectivity index (χ1) is 9.43. The lowest BCUT2D eigenvalue weighted by atomic mass is 10.0. The minimum absolute atomic E-state index is 0.0232. The number of carbonyl (C=O) groups excluding carboxylic acids is 1. The molecule has 4 heteroatoms. The van der Waals surface area contributed by atoms with E-state index in [2.05, 4.69) is 17.4 Å². The third kappa shape index (κ3) is 5.21. The molecule has 1 aromatic carbocycles. The molecule has 0 heterocycles. The van der Waals surface area contributed by atoms with Crippen molar-refractivity contribution >= 4 is 5.91 Å². The molecule has 1 aromatic rings. The van der Waals surface area contributed by atoms with Crippen molar-refractivity contribution in [3.05, 3.63) is 28.8 Å². The fraction of sp³-hybridized carbons (Fsp3) is 0.562. The molecule has 4 nitrogen and oxygen atoms in total. The van der Waals surface area contributed by atoms with Crippen LogP contribution in [0.2, 0.25) is 0 Å². The van der Waals surface area contributed by atoms with Crippen molar-refractivity contribution in [2.45, 2.75) is 46.6 Å². The van der Waals surface area contributed by atoms with Crippen molar-refractivity contribution in [1.82, 2.24) is 5.32 Å². The van der Waals surface area contributed by atoms with E-state index in [0.717, 1.165) is 23.3 Å². The zero-order valence-electron chi connectivity index (χ0n) is 13.0. The number of hydrogen-bond acceptors (Lipinski definition) is 3. The molecule has 0 atom stereocenters. The van der Waals surface area contributed by atoms with Crippen molar-refractivity contribution in [2.75, 3.05) is 13.2 Å². The maximum Gasteiger partial charge on any atom is 0.223 e. The van der Waals surface area contributed by atoms with Crippen LogP contribution in [0.15, 0.2) is 12.1 Å². The molecule has 0 spiro atoms. The molecule has 1 amide bonds. The zero-order chi connectivity index (χ0) is 15.1. The smallest absolute Gasteiger partial charge is 0.223 e. The molecule has 3 N–H and O–H groups in total. The van der Waals surface area contributed by atoms with Gasteiger partial charge in [0, 0.05) is 6.04 Å². The van der Waals surface area contributed by atoms with E-state index in [1.54, 1.807) is 0 Å². The molecule has 0 radical (unpaired) electrons. The Hall–Kier alpha value is -1.55. The second kappa shape index (κ2) is 7.90. The topological polar surface area (TPSA) is 64.3 Å². The molecule has 0 aliphatic heterocycles. The van der Waals surface area contributed by atoms with Gasteiger partial charge < -0.3 is 15.8 Å². The highest BCUT2D eigenvalue weighted by Crippen LogP contribution is 2.25. The van der Waals surface area contributed by atoms with E-state index in [9.17, 15) is 4.79 Å². The van der Waals surface area contributed by atoms with Gasteiger partial charge in [-0.3, -0.25) is 4.79 Å². The van der Waals surface area contributed by atoms with Gasteiger partial charge >= 0.3 is 0 Å². The molecule has 0 bridgehead atoms. The van der Waals surface area contributed by atoms with E-state index in [1.165, 1.54) is 5.56 Å². The van der Waals surface area contributed by atoms with E-state index < -0.39 is 0 Å². The van der Waals surface area contributed by atoms with Gasteiger partial charge in [-0.25, -0.2) is 0 Å². The van der Waals surface area contributed by atoms with Crippen LogP contribution in [-0.2, 0) is 11.2 Å². The number of aryl methyl sites for hydroxylation is 2. The van der Waals surface area contributed by atoms with Crippen LogP contribution in [0.1, 0.15) is 37.0 Å². The predicted molar refractivity (Wildman–Crippen MR) is 82.1 cm³/mol. The highest BCUT2D eigenvalue weighted by Gasteiger charge is 2.08. The summed E-state index contributed by atoms with van der Waals surface area (Å²) in [5.74, 6) is 0.901. The molecule has 0 fully saturated rings. The summed E-state index contributed by atoms with van der Waals surface area (Å²) in [6, 6.07) is 4.37. The molecule has 112 valence electrons. The number of ether oxygens (including phenoxy) is 1. The standard InChI is InChI=1S/C16H26N2O2/c1-11(2)18-15(19)6-8-20-16-12(3)9-14(5-7-17)10-13(16)4/h9-11H,5-8,17H2,1-4H3,(H,18,19). The second-order valence-corrected chi connectivity index (χ2v) is 5.42. The second-order valence-electron chi connectivity index (χ2n) is 5.42. The van der Waals surface area contributed by atoms with Gasteiger partial charge in [-0.2, -0.15) is 0 Å². The van der Waals surface area contributed by atoms with Crippen molar-refractivity contribution in [2.24, 2.45) is 5.73 Å². The number of nitrogens with one attached hydrogen (secondary N) is 1. The molecule has 0 aliphatic carbocycles. The van der Waals surface area contributed by atoms with Gasteiger partial charge in [-0.1, -0.05) is 12.1 Å². The van der Waals surface area contributed by atoms with Crippen LogP contribution < -0.4 is 15.8 Å². The number of rotatable bonds is 7. The number of carbonyl (C=O) groups is 1. The fourth-order valence-corrected chi connectivity index (χ4v) is 2.22. The lowest BCUT2D eigenvalue weighted by Crippen LogP contribution is -2.31. The molecule has 0 aromatic heterocycles. The quantitative estimate of drug-likeness (QED) is 0.803. The highest BCUT2D eigenvalue weighted by atomic mass is 16.5. The largest absolute Gasteiger partial charge is 0.493 e. The summed E-state index contributed by atoms with van der Waals surface area (Å²) >= 11 is 0. The Labute approximate surface area is 121 Å². The number of benzene rings is 1. The van der Waals surface area contributed by atoms with E-state index in [0.29, 0.717) is 19.6 Å². The number of hydrogen-bond donors (Lipinski definition) is 2. The fourth-order valence-electron chi connectivity index (χ4n) is 2.22. The average molecular weight is 278 g/mol. The minimum Gasteiger partial charge on any atom is -0.493 e. The van der Waals surface area contributed by atoms with Gasteiger partial charge in [-0.15, -0.1) is 0 Å². The van der Waals surface area contributed by atoms with Gasteiger partial charge in [0.05, 0.1) is 13.0 Å². The summed E-state index contributed by atoms with van der Waals surface area (Å²) < 4.78 is 5.76. The Morgan fingerprint density at radius 3 is 2.40 bits per heavy atom. The van der Waals surface area contributed by atoms with Gasteiger partial charge in [0.1, 0.15) is 5.75 Å². The van der Waals surface area contributed by atoms with Crippen molar-refractivity contribution in [1.29, 1.82) is 0 Å². The average Bonchev–Trinajstić information content (AvgIpc) is 2.32. The van der Waals surface area contributed by atoms with Crippen LogP contribution in [-0.4, -0.2) is 25.1 Å². The normalized spacial score (nSPS) is 10.7. The third-order valence-electron chi connectivity index (χ3n) is 2.98. The van der Waals surface area contributed by atoms with Crippen molar-refractivity contribution in [3.8, 4) is 5.75 Å². The van der Waals surface area contributed by atoms with Crippen molar-refractivity contribution < 1.29 is 9.53 Å². The van der Waals surface area contributed by atoms with Crippen LogP contribution in [0.3, 0.4) is 0 Å². The molecule has 0 unspecified atom stereocenters. The first kappa shape index (κ1) is 16.5. The zero-order valence-corrected chi connectivity index (χ0v) is 13.0. The van der Waals surface area contributed by atoms with Gasteiger partial charge in [0.25, 0.3) is 0 Å². The van der Waals surface area contributed by atoms with E-state index >= 15 is 0 Å². The van der Waals surface area contributed by atoms with Crippen LogP contribution >= 0.6 is 0 Å². The summed E-state index contributed by atoms with van der Waals surface area (Å²) in [6.07, 6.45) is 1.25. The van der Waals surface area contributed by atoms with Gasteiger partial charge in [0.15, 0.2) is 0 Å². The predicted octanol–water partition coefficient (Wildman–Crippen LogP) is 2.10. The first-order valence-electron chi connectivity index (χ1n) is 7.16. The van der Waals surface area contributed by atoms with E-state index in [4.69, 9.17) is 10.5 Å². The Bertz CT molecular complexity index is 433. The van der Waals surface area contributed by atoms with E-state index in [1.807, 2.05) is 27.7 Å². The maximum atomic E-state index is 11.5. The minimum atomic E-state index is 0.0232. The third-order valence-corrected chi connectivity index (χ3v) is 2.98. The first-order valence-corrected chi connectivity index (χ1v) is 7.16. The monoisotopic (exact) mass is 278 g/mol. The molecule has 1 rings (SSSR count). The molecular weight excluding hydrogens is 252 g/mol. The summed E-state index contributed by atoms with van der Waals surface area (Å²) in [5, 5.41) is 2.85. The molecular formula is C16H26N2O2. The highest BCUT2D eigenvalue weighted by molar-refractivity contribution is 5.76. The number of nitrogens with two attached hydrogens (primary N) is 1. The number of amides is 1. The van der Waals surface area contributed by atoms with Crippen LogP contribution in [0.4, 0.5) is 0 Å². The lowest BCUT2D eigenvalue weighted by Gasteiger charge is -2.14. The van der Waals surface area contributed by atoms with Crippen LogP contribution in [0.25, 0.3) is 0 Å².